The average molecular weight is 431 g/mol. The number of carbonyl (C=O) groups is 4. The molecule has 2 aliphatic rings. The quantitative estimate of drug-likeness (QED) is 0.113. The van der Waals surface area contributed by atoms with E-state index in [9.17, 15) is 24.3 Å². The second kappa shape index (κ2) is 9.48. The van der Waals surface area contributed by atoms with Gasteiger partial charge < -0.3 is 29.6 Å². The van der Waals surface area contributed by atoms with Gasteiger partial charge in [-0.25, -0.2) is 0 Å². The fourth-order valence-corrected chi connectivity index (χ4v) is 4.13. The Kier molecular flexibility index (Phi) is 7.52. The van der Waals surface area contributed by atoms with Gasteiger partial charge in [-0.3, -0.25) is 19.3 Å². The third kappa shape index (κ3) is 4.50. The zero-order chi connectivity index (χ0) is 20.4. The Morgan fingerprint density at radius 1 is 1.48 bits per heavy atom. The first-order valence-electron chi connectivity index (χ1n) is 7.93. The first-order chi connectivity index (χ1) is 13.3. The summed E-state index contributed by atoms with van der Waals surface area (Å²) in [7, 11) is 0. The third-order valence-corrected chi connectivity index (χ3v) is 5.39. The minimum absolute atomic E-state index is 0. The third-order valence-electron chi connectivity index (χ3n) is 4.05. The van der Waals surface area contributed by atoms with Crippen LogP contribution >= 0.6 is 11.8 Å². The van der Waals surface area contributed by atoms with E-state index in [-0.39, 0.29) is 58.9 Å². The van der Waals surface area contributed by atoms with Crippen LogP contribution in [0.15, 0.2) is 39.2 Å². The van der Waals surface area contributed by atoms with E-state index in [0.717, 1.165) is 4.90 Å². The zero-order valence-electron chi connectivity index (χ0n) is 15.4. The molecular weight excluding hydrogens is 417 g/mol. The van der Waals surface area contributed by atoms with Crippen LogP contribution in [0.1, 0.15) is 12.7 Å². The van der Waals surface area contributed by atoms with Crippen molar-refractivity contribution in [3.05, 3.63) is 35.4 Å². The molecule has 13 heteroatoms. The second-order valence-corrected chi connectivity index (χ2v) is 6.91. The van der Waals surface area contributed by atoms with Gasteiger partial charge in [0.1, 0.15) is 18.0 Å². The Bertz CT molecular complexity index is 898. The number of β-lactam (4-membered cyclic amide) rings is 1. The number of hydrogen-bond acceptors (Lipinski definition) is 10. The number of carboxylic acid groups (broad SMARTS) is 1. The molecule has 0 aromatic carbocycles. The van der Waals surface area contributed by atoms with Gasteiger partial charge in [-0.1, -0.05) is 5.16 Å². The second-order valence-electron chi connectivity index (χ2n) is 5.81. The maximum absolute atomic E-state index is 12.5. The first kappa shape index (κ1) is 23.0. The summed E-state index contributed by atoms with van der Waals surface area (Å²) >= 11 is 1.19. The van der Waals surface area contributed by atoms with E-state index in [1.54, 1.807) is 0 Å². The van der Waals surface area contributed by atoms with E-state index < -0.39 is 40.9 Å². The summed E-state index contributed by atoms with van der Waals surface area (Å²) in [5.74, 6) is -3.55. The number of amides is 2. The Hall–Kier alpha value is -2.28. The molecule has 0 spiro atoms. The number of fused-ring (bicyclic) bond motifs is 1. The van der Waals surface area contributed by atoms with Gasteiger partial charge in [0.25, 0.3) is 11.8 Å². The van der Waals surface area contributed by atoms with Crippen molar-refractivity contribution >= 4 is 41.2 Å². The summed E-state index contributed by atoms with van der Waals surface area (Å²) < 4.78 is 9.82. The van der Waals surface area contributed by atoms with Crippen molar-refractivity contribution in [2.75, 3.05) is 12.4 Å². The van der Waals surface area contributed by atoms with Crippen molar-refractivity contribution in [2.24, 2.45) is 5.16 Å². The minimum Gasteiger partial charge on any atom is -0.543 e. The molecule has 2 atom stereocenters. The summed E-state index contributed by atoms with van der Waals surface area (Å²) in [6, 6.07) is 1.86. The van der Waals surface area contributed by atoms with Crippen molar-refractivity contribution in [1.29, 1.82) is 0 Å². The number of furan rings is 1. The number of oxime groups is 1. The molecule has 3 rings (SSSR count). The number of nitrogens with zero attached hydrogens (tertiary/aromatic N) is 2. The number of esters is 1. The Labute approximate surface area is 190 Å². The van der Waals surface area contributed by atoms with Crippen molar-refractivity contribution in [3.8, 4) is 0 Å². The van der Waals surface area contributed by atoms with Crippen LogP contribution < -0.4 is 40.0 Å². The van der Waals surface area contributed by atoms with Crippen LogP contribution in [0.2, 0.25) is 0 Å². The fraction of sp³-hybridized carbons (Fsp3) is 0.312. The summed E-state index contributed by atoms with van der Waals surface area (Å²) in [5, 5.41) is 25.2. The molecular formula is C16H14N3NaO8S. The largest absolute Gasteiger partial charge is 1.00 e. The van der Waals surface area contributed by atoms with Gasteiger partial charge >= 0.3 is 35.5 Å². The molecule has 1 aromatic rings. The molecule has 0 bridgehead atoms. The van der Waals surface area contributed by atoms with Crippen molar-refractivity contribution in [3.63, 3.8) is 0 Å². The monoisotopic (exact) mass is 431 g/mol. The maximum atomic E-state index is 12.5. The number of aliphatic carboxylic acids is 1. The molecule has 148 valence electrons. The molecule has 11 nitrogen and oxygen atoms in total. The summed E-state index contributed by atoms with van der Waals surface area (Å²) in [5.41, 5.74) is -0.575. The van der Waals surface area contributed by atoms with Crippen molar-refractivity contribution < 1.29 is 68.2 Å². The molecule has 1 saturated heterocycles. The molecule has 3 heterocycles. The molecule has 0 saturated carbocycles. The van der Waals surface area contributed by atoms with Crippen LogP contribution in [0, 0.1) is 0 Å². The molecule has 0 unspecified atom stereocenters. The number of carbonyl (C=O) groups excluding carboxylic acids is 4. The Morgan fingerprint density at radius 3 is 2.76 bits per heavy atom. The Morgan fingerprint density at radius 2 is 2.21 bits per heavy atom. The SMILES string of the molecule is CC(=O)OCC1=C(C(=O)[O-])N2C(=O)[C@@H](NC(=O)/C(=N\O)c3ccco3)[C@H]2SC1.[Na+]. The van der Waals surface area contributed by atoms with Gasteiger partial charge in [-0.05, 0) is 12.1 Å². The van der Waals surface area contributed by atoms with Crippen LogP contribution in [-0.4, -0.2) is 63.3 Å². The predicted molar refractivity (Wildman–Crippen MR) is 90.7 cm³/mol. The van der Waals surface area contributed by atoms with Gasteiger partial charge in [0.15, 0.2) is 5.76 Å². The summed E-state index contributed by atoms with van der Waals surface area (Å²) in [6.45, 7) is 0.899. The van der Waals surface area contributed by atoms with E-state index in [2.05, 4.69) is 10.5 Å². The van der Waals surface area contributed by atoms with Crippen molar-refractivity contribution in [1.82, 2.24) is 10.2 Å². The number of thioether (sulfide) groups is 1. The average Bonchev–Trinajstić information content (AvgIpc) is 3.18. The number of hydrogen-bond donors (Lipinski definition) is 2. The van der Waals surface area contributed by atoms with Gasteiger partial charge in [0.05, 0.1) is 17.9 Å². The molecule has 2 N–H and O–H groups in total. The number of carboxylic acids is 1. The van der Waals surface area contributed by atoms with Crippen LogP contribution in [0.25, 0.3) is 0 Å². The molecule has 0 radical (unpaired) electrons. The van der Waals surface area contributed by atoms with E-state index >= 15 is 0 Å². The normalized spacial score (nSPS) is 20.9. The fourth-order valence-electron chi connectivity index (χ4n) is 2.80. The molecule has 29 heavy (non-hydrogen) atoms. The van der Waals surface area contributed by atoms with Crippen molar-refractivity contribution in [2.45, 2.75) is 18.3 Å². The molecule has 2 aliphatic heterocycles. The van der Waals surface area contributed by atoms with E-state index in [1.165, 1.54) is 37.1 Å². The van der Waals surface area contributed by atoms with Gasteiger partial charge in [-0.2, -0.15) is 0 Å². The van der Waals surface area contributed by atoms with E-state index in [4.69, 9.17) is 14.4 Å². The molecule has 2 amide bonds. The number of nitrogens with one attached hydrogen (secondary N) is 1. The number of ether oxygens (including phenoxy) is 1. The van der Waals surface area contributed by atoms with Gasteiger partial charge in [0.2, 0.25) is 5.71 Å². The van der Waals surface area contributed by atoms with Gasteiger partial charge in [-0.15, -0.1) is 11.8 Å². The van der Waals surface area contributed by atoms with Crippen LogP contribution in [-0.2, 0) is 23.9 Å². The Balaban J connectivity index is 0.00000300. The first-order valence-corrected chi connectivity index (χ1v) is 8.98. The van der Waals surface area contributed by atoms with E-state index in [0.29, 0.717) is 0 Å². The zero-order valence-corrected chi connectivity index (χ0v) is 18.2. The smallest absolute Gasteiger partial charge is 0.543 e. The molecule has 0 aliphatic carbocycles. The molecule has 1 fully saturated rings. The van der Waals surface area contributed by atoms with Crippen LogP contribution in [0.4, 0.5) is 0 Å². The number of rotatable bonds is 6. The topological polar surface area (TPSA) is 162 Å². The minimum atomic E-state index is -1.58. The van der Waals surface area contributed by atoms with Crippen LogP contribution in [0.5, 0.6) is 0 Å². The standard InChI is InChI=1S/C16H15N3O8S.Na/c1-7(20)27-5-8-6-28-15-11(14(22)19(15)12(8)16(23)24)17-13(21)10(18-25)9-3-2-4-26-9;/h2-4,11,15,25H,5-6H2,1H3,(H,17,21)(H,23,24);/q;+1/p-1/b18-10-;/t11-,15-;/m1./s1. The van der Waals surface area contributed by atoms with Gasteiger partial charge in [0, 0.05) is 18.2 Å². The molecule has 1 aromatic heterocycles. The van der Waals surface area contributed by atoms with Crippen LogP contribution in [0.3, 0.4) is 0 Å². The summed E-state index contributed by atoms with van der Waals surface area (Å²) in [4.78, 5) is 48.2. The van der Waals surface area contributed by atoms with E-state index in [1.807, 2.05) is 0 Å². The summed E-state index contributed by atoms with van der Waals surface area (Å²) in [6.07, 6.45) is 1.28. The predicted octanol–water partition coefficient (Wildman–Crippen LogP) is -4.57. The maximum Gasteiger partial charge on any atom is 1.00 e.